The van der Waals surface area contributed by atoms with Crippen molar-refractivity contribution in [2.24, 2.45) is 5.73 Å². The average Bonchev–Trinajstić information content (AvgIpc) is 3.07. The number of aromatic nitrogens is 1. The Morgan fingerprint density at radius 1 is 1.20 bits per heavy atom. The van der Waals surface area contributed by atoms with Crippen LogP contribution in [-0.2, 0) is 9.59 Å². The maximum atomic E-state index is 11.7. The first-order chi connectivity index (χ1) is 11.7. The number of rotatable bonds is 5. The summed E-state index contributed by atoms with van der Waals surface area (Å²) in [6.45, 7) is 0.761. The maximum Gasteiger partial charge on any atom is 0.245 e. The van der Waals surface area contributed by atoms with Crippen molar-refractivity contribution in [3.8, 4) is 22.8 Å². The van der Waals surface area contributed by atoms with E-state index in [2.05, 4.69) is 15.6 Å². The van der Waals surface area contributed by atoms with E-state index in [1.807, 2.05) is 23.6 Å². The minimum absolute atomic E-state index is 0. The van der Waals surface area contributed by atoms with Crippen LogP contribution < -0.4 is 25.8 Å². The van der Waals surface area contributed by atoms with Crippen LogP contribution in [0.15, 0.2) is 23.6 Å². The standard InChI is InChI=1S/C15H16N4O4S.ClH/c16-6-13(20)17-7-14(21)19-15-18-10(8-24-15)9-1-2-11-12(5-9)23-4-3-22-11;/h1-2,5,8H,3-4,6-7,16H2,(H,17,20)(H,18,19,21);1H. The van der Waals surface area contributed by atoms with E-state index < -0.39 is 0 Å². The Bertz CT molecular complexity index is 768. The van der Waals surface area contributed by atoms with Crippen molar-refractivity contribution >= 4 is 40.7 Å². The van der Waals surface area contributed by atoms with Crippen LogP contribution in [0.25, 0.3) is 11.3 Å². The van der Waals surface area contributed by atoms with Crippen LogP contribution in [0.5, 0.6) is 11.5 Å². The van der Waals surface area contributed by atoms with E-state index in [0.717, 1.165) is 11.3 Å². The number of carbonyl (C=O) groups is 2. The number of nitrogens with two attached hydrogens (primary N) is 1. The van der Waals surface area contributed by atoms with Gasteiger partial charge in [-0.25, -0.2) is 4.98 Å². The monoisotopic (exact) mass is 384 g/mol. The molecule has 0 spiro atoms. The summed E-state index contributed by atoms with van der Waals surface area (Å²) in [4.78, 5) is 27.1. The summed E-state index contributed by atoms with van der Waals surface area (Å²) in [7, 11) is 0. The highest BCUT2D eigenvalue weighted by Gasteiger charge is 2.14. The molecule has 1 aromatic heterocycles. The van der Waals surface area contributed by atoms with E-state index in [9.17, 15) is 9.59 Å². The number of ether oxygens (including phenoxy) is 2. The summed E-state index contributed by atoms with van der Waals surface area (Å²) in [5.74, 6) is 0.646. The Morgan fingerprint density at radius 3 is 2.72 bits per heavy atom. The highest BCUT2D eigenvalue weighted by atomic mass is 35.5. The minimum Gasteiger partial charge on any atom is -0.486 e. The van der Waals surface area contributed by atoms with Gasteiger partial charge >= 0.3 is 0 Å². The van der Waals surface area contributed by atoms with Gasteiger partial charge in [0, 0.05) is 10.9 Å². The third-order valence-electron chi connectivity index (χ3n) is 3.22. The van der Waals surface area contributed by atoms with E-state index >= 15 is 0 Å². The molecule has 10 heteroatoms. The minimum atomic E-state index is -0.388. The first kappa shape index (κ1) is 19.0. The number of benzene rings is 1. The molecule has 0 fully saturated rings. The summed E-state index contributed by atoms with van der Waals surface area (Å²) >= 11 is 1.30. The van der Waals surface area contributed by atoms with Gasteiger partial charge in [-0.15, -0.1) is 23.7 Å². The largest absolute Gasteiger partial charge is 0.486 e. The number of amides is 2. The predicted octanol–water partition coefficient (Wildman–Crippen LogP) is 1.02. The van der Waals surface area contributed by atoms with Crippen molar-refractivity contribution in [2.45, 2.75) is 0 Å². The zero-order chi connectivity index (χ0) is 16.9. The van der Waals surface area contributed by atoms with Crippen molar-refractivity contribution in [3.63, 3.8) is 0 Å². The van der Waals surface area contributed by atoms with Gasteiger partial charge in [-0.1, -0.05) is 0 Å². The summed E-state index contributed by atoms with van der Waals surface area (Å²) in [6, 6.07) is 5.58. The second kappa shape index (κ2) is 8.65. The normalized spacial score (nSPS) is 12.0. The molecule has 0 saturated carbocycles. The number of hydrogen-bond donors (Lipinski definition) is 3. The fourth-order valence-electron chi connectivity index (χ4n) is 2.08. The number of hydrogen-bond acceptors (Lipinski definition) is 7. The van der Waals surface area contributed by atoms with Crippen LogP contribution in [0.3, 0.4) is 0 Å². The third kappa shape index (κ3) is 4.81. The Morgan fingerprint density at radius 2 is 1.96 bits per heavy atom. The number of carbonyl (C=O) groups excluding carboxylic acids is 2. The van der Waals surface area contributed by atoms with E-state index in [0.29, 0.717) is 29.8 Å². The van der Waals surface area contributed by atoms with Gasteiger partial charge in [-0.05, 0) is 18.2 Å². The van der Waals surface area contributed by atoms with Crippen molar-refractivity contribution in [3.05, 3.63) is 23.6 Å². The molecular formula is C15H17ClN4O4S. The molecule has 2 heterocycles. The second-order valence-corrected chi connectivity index (χ2v) is 5.78. The summed E-state index contributed by atoms with van der Waals surface area (Å²) in [6.07, 6.45) is 0. The third-order valence-corrected chi connectivity index (χ3v) is 3.98. The molecule has 8 nitrogen and oxygen atoms in total. The van der Waals surface area contributed by atoms with Gasteiger partial charge in [-0.3, -0.25) is 9.59 Å². The van der Waals surface area contributed by atoms with Gasteiger partial charge in [0.1, 0.15) is 13.2 Å². The molecule has 1 aliphatic rings. The number of halogens is 1. The smallest absolute Gasteiger partial charge is 0.245 e. The zero-order valence-electron chi connectivity index (χ0n) is 13.1. The van der Waals surface area contributed by atoms with Crippen LogP contribution in [0.1, 0.15) is 0 Å². The van der Waals surface area contributed by atoms with Gasteiger partial charge in [0.15, 0.2) is 16.6 Å². The molecule has 3 rings (SSSR count). The highest BCUT2D eigenvalue weighted by molar-refractivity contribution is 7.14. The van der Waals surface area contributed by atoms with Crippen LogP contribution in [0.4, 0.5) is 5.13 Å². The van der Waals surface area contributed by atoms with Crippen LogP contribution in [0.2, 0.25) is 0 Å². The number of nitrogens with zero attached hydrogens (tertiary/aromatic N) is 1. The number of nitrogens with one attached hydrogen (secondary N) is 2. The molecule has 0 atom stereocenters. The molecule has 0 unspecified atom stereocenters. The summed E-state index contributed by atoms with van der Waals surface area (Å²) in [5.41, 5.74) is 6.74. The highest BCUT2D eigenvalue weighted by Crippen LogP contribution is 2.35. The lowest BCUT2D eigenvalue weighted by Crippen LogP contribution is -2.36. The van der Waals surface area contributed by atoms with E-state index in [1.165, 1.54) is 11.3 Å². The van der Waals surface area contributed by atoms with E-state index in [1.54, 1.807) is 0 Å². The zero-order valence-corrected chi connectivity index (χ0v) is 14.7. The van der Waals surface area contributed by atoms with Crippen molar-refractivity contribution in [2.75, 3.05) is 31.6 Å². The molecule has 1 aliphatic heterocycles. The molecule has 1 aromatic carbocycles. The molecule has 134 valence electrons. The van der Waals surface area contributed by atoms with Crippen LogP contribution in [-0.4, -0.2) is 43.1 Å². The molecule has 0 radical (unpaired) electrons. The van der Waals surface area contributed by atoms with Crippen LogP contribution >= 0.6 is 23.7 Å². The van der Waals surface area contributed by atoms with Crippen LogP contribution in [0, 0.1) is 0 Å². The Labute approximate surface area is 154 Å². The number of thiazole rings is 1. The maximum absolute atomic E-state index is 11.7. The SMILES string of the molecule is Cl.NCC(=O)NCC(=O)Nc1nc(-c2ccc3c(c2)OCCO3)cs1. The number of anilines is 1. The quantitative estimate of drug-likeness (QED) is 0.708. The molecule has 0 saturated heterocycles. The number of fused-ring (bicyclic) bond motifs is 1. The van der Waals surface area contributed by atoms with Gasteiger partial charge in [0.2, 0.25) is 11.8 Å². The molecule has 0 bridgehead atoms. The van der Waals surface area contributed by atoms with E-state index in [4.69, 9.17) is 15.2 Å². The molecule has 2 aromatic rings. The summed E-state index contributed by atoms with van der Waals surface area (Å²) < 4.78 is 11.0. The molecule has 2 amide bonds. The Hall–Kier alpha value is -2.36. The Kier molecular flexibility index (Phi) is 6.57. The van der Waals surface area contributed by atoms with Crippen molar-refractivity contribution in [1.29, 1.82) is 0 Å². The average molecular weight is 385 g/mol. The lowest BCUT2D eigenvalue weighted by molar-refractivity contribution is -0.123. The first-order valence-corrected chi connectivity index (χ1v) is 8.16. The lowest BCUT2D eigenvalue weighted by atomic mass is 10.1. The topological polar surface area (TPSA) is 116 Å². The van der Waals surface area contributed by atoms with Gasteiger partial charge < -0.3 is 25.8 Å². The lowest BCUT2D eigenvalue weighted by Gasteiger charge is -2.18. The molecule has 0 aliphatic carbocycles. The Balaban J connectivity index is 0.00000225. The fraction of sp³-hybridized carbons (Fsp3) is 0.267. The van der Waals surface area contributed by atoms with Crippen molar-refractivity contribution in [1.82, 2.24) is 10.3 Å². The molecule has 4 N–H and O–H groups in total. The van der Waals surface area contributed by atoms with Crippen molar-refractivity contribution < 1.29 is 19.1 Å². The van der Waals surface area contributed by atoms with Gasteiger partial charge in [0.05, 0.1) is 18.8 Å². The van der Waals surface area contributed by atoms with Gasteiger partial charge in [0.25, 0.3) is 0 Å². The molecular weight excluding hydrogens is 368 g/mol. The first-order valence-electron chi connectivity index (χ1n) is 7.28. The molecule has 25 heavy (non-hydrogen) atoms. The second-order valence-electron chi connectivity index (χ2n) is 4.93. The fourth-order valence-corrected chi connectivity index (χ4v) is 2.82. The van der Waals surface area contributed by atoms with Gasteiger partial charge in [-0.2, -0.15) is 0 Å². The predicted molar refractivity (Wildman–Crippen MR) is 96.5 cm³/mol. The summed E-state index contributed by atoms with van der Waals surface area (Å²) in [5, 5.41) is 7.31. The van der Waals surface area contributed by atoms with E-state index in [-0.39, 0.29) is 37.3 Å².